The molecule has 1 aliphatic rings. The van der Waals surface area contributed by atoms with E-state index in [4.69, 9.17) is 0 Å². The first-order chi connectivity index (χ1) is 12.7. The molecule has 3 aromatic rings. The molecule has 1 saturated carbocycles. The summed E-state index contributed by atoms with van der Waals surface area (Å²) in [4.78, 5) is 25.7. The van der Waals surface area contributed by atoms with Crippen LogP contribution in [0.25, 0.3) is 10.9 Å². The Morgan fingerprint density at radius 2 is 1.92 bits per heavy atom. The molecule has 26 heavy (non-hydrogen) atoms. The number of anilines is 2. The third kappa shape index (κ3) is 3.49. The molecule has 0 bridgehead atoms. The molecule has 0 atom stereocenters. The lowest BCUT2D eigenvalue weighted by Crippen LogP contribution is -2.33. The lowest BCUT2D eigenvalue weighted by molar-refractivity contribution is 0.0932. The van der Waals surface area contributed by atoms with Gasteiger partial charge in [0.2, 0.25) is 0 Å². The van der Waals surface area contributed by atoms with E-state index >= 15 is 0 Å². The highest BCUT2D eigenvalue weighted by Crippen LogP contribution is 2.24. The van der Waals surface area contributed by atoms with Gasteiger partial charge in [0.15, 0.2) is 0 Å². The number of fused-ring (bicyclic) bond motifs is 1. The Balaban J connectivity index is 1.60. The zero-order valence-corrected chi connectivity index (χ0v) is 14.7. The number of pyridine rings is 1. The number of hydrogen-bond donors (Lipinski definition) is 2. The third-order valence-electron chi connectivity index (χ3n) is 4.66. The number of nitrogens with zero attached hydrogens (tertiary/aromatic N) is 3. The Morgan fingerprint density at radius 1 is 1.12 bits per heavy atom. The van der Waals surface area contributed by atoms with Crippen LogP contribution in [0.1, 0.15) is 42.0 Å². The normalized spacial score (nSPS) is 14.5. The molecule has 2 N–H and O–H groups in total. The van der Waals surface area contributed by atoms with Crippen LogP contribution in [-0.2, 0) is 0 Å². The smallest absolute Gasteiger partial charge is 0.270 e. The SMILES string of the molecule is Cc1nc(Nc2cccc3cccnc23)cc(C(=O)NC2CCCC2)n1. The minimum atomic E-state index is -0.138. The van der Waals surface area contributed by atoms with Crippen LogP contribution < -0.4 is 10.6 Å². The molecular formula is C20H21N5O. The standard InChI is InChI=1S/C20H21N5O/c1-13-22-17(20(26)24-15-8-2-3-9-15)12-18(23-13)25-16-10-4-6-14-7-5-11-21-19(14)16/h4-7,10-12,15H,2-3,8-9H2,1H3,(H,24,26)(H,22,23,25). The molecule has 4 rings (SSSR count). The highest BCUT2D eigenvalue weighted by Gasteiger charge is 2.19. The Bertz CT molecular complexity index is 945. The minimum absolute atomic E-state index is 0.138. The number of nitrogens with one attached hydrogen (secondary N) is 2. The molecule has 0 saturated heterocycles. The molecule has 2 aromatic heterocycles. The zero-order valence-electron chi connectivity index (χ0n) is 14.7. The number of carbonyl (C=O) groups is 1. The number of rotatable bonds is 4. The molecule has 6 heteroatoms. The number of amides is 1. The predicted molar refractivity (Wildman–Crippen MR) is 102 cm³/mol. The van der Waals surface area contributed by atoms with Crippen molar-refractivity contribution in [3.05, 3.63) is 54.1 Å². The second-order valence-electron chi connectivity index (χ2n) is 6.65. The number of aryl methyl sites for hydroxylation is 1. The monoisotopic (exact) mass is 347 g/mol. The molecule has 1 amide bonds. The molecular weight excluding hydrogens is 326 g/mol. The van der Waals surface area contributed by atoms with E-state index < -0.39 is 0 Å². The summed E-state index contributed by atoms with van der Waals surface area (Å²) in [7, 11) is 0. The molecule has 0 aliphatic heterocycles. The summed E-state index contributed by atoms with van der Waals surface area (Å²) in [6.07, 6.45) is 6.20. The Hall–Kier alpha value is -3.02. The van der Waals surface area contributed by atoms with Gasteiger partial charge in [0, 0.05) is 23.7 Å². The van der Waals surface area contributed by atoms with E-state index in [0.29, 0.717) is 17.3 Å². The zero-order chi connectivity index (χ0) is 17.9. The minimum Gasteiger partial charge on any atom is -0.348 e. The van der Waals surface area contributed by atoms with Gasteiger partial charge >= 0.3 is 0 Å². The van der Waals surface area contributed by atoms with Crippen LogP contribution in [0.3, 0.4) is 0 Å². The first kappa shape index (κ1) is 16.4. The molecule has 2 heterocycles. The second kappa shape index (κ2) is 7.07. The fourth-order valence-corrected chi connectivity index (χ4v) is 3.42. The fourth-order valence-electron chi connectivity index (χ4n) is 3.42. The Kier molecular flexibility index (Phi) is 4.48. The van der Waals surface area contributed by atoms with Crippen LogP contribution >= 0.6 is 0 Å². The summed E-state index contributed by atoms with van der Waals surface area (Å²) in [6, 6.07) is 11.8. The van der Waals surface area contributed by atoms with Gasteiger partial charge in [-0.1, -0.05) is 31.0 Å². The third-order valence-corrected chi connectivity index (χ3v) is 4.66. The molecule has 0 spiro atoms. The van der Waals surface area contributed by atoms with Crippen LogP contribution in [0.2, 0.25) is 0 Å². The van der Waals surface area contributed by atoms with E-state index in [2.05, 4.69) is 25.6 Å². The molecule has 1 fully saturated rings. The van der Waals surface area contributed by atoms with Crippen molar-refractivity contribution in [2.45, 2.75) is 38.6 Å². The largest absolute Gasteiger partial charge is 0.348 e. The van der Waals surface area contributed by atoms with E-state index in [1.54, 1.807) is 19.2 Å². The van der Waals surface area contributed by atoms with Gasteiger partial charge in [-0.2, -0.15) is 0 Å². The van der Waals surface area contributed by atoms with Crippen molar-refractivity contribution in [3.63, 3.8) is 0 Å². The number of aromatic nitrogens is 3. The average molecular weight is 347 g/mol. The van der Waals surface area contributed by atoms with Gasteiger partial charge in [-0.05, 0) is 31.9 Å². The molecule has 1 aromatic carbocycles. The van der Waals surface area contributed by atoms with Gasteiger partial charge in [-0.15, -0.1) is 0 Å². The van der Waals surface area contributed by atoms with Crippen molar-refractivity contribution in [1.82, 2.24) is 20.3 Å². The van der Waals surface area contributed by atoms with Crippen molar-refractivity contribution in [2.75, 3.05) is 5.32 Å². The number of para-hydroxylation sites is 1. The Labute approximate surface area is 152 Å². The molecule has 6 nitrogen and oxygen atoms in total. The van der Waals surface area contributed by atoms with Crippen molar-refractivity contribution < 1.29 is 4.79 Å². The maximum atomic E-state index is 12.5. The van der Waals surface area contributed by atoms with E-state index in [-0.39, 0.29) is 11.9 Å². The summed E-state index contributed by atoms with van der Waals surface area (Å²) >= 11 is 0. The summed E-state index contributed by atoms with van der Waals surface area (Å²) in [5.41, 5.74) is 2.10. The van der Waals surface area contributed by atoms with E-state index in [1.165, 1.54) is 12.8 Å². The highest BCUT2D eigenvalue weighted by molar-refractivity contribution is 5.94. The number of benzene rings is 1. The van der Waals surface area contributed by atoms with Gasteiger partial charge in [0.05, 0.1) is 11.2 Å². The van der Waals surface area contributed by atoms with E-state index in [0.717, 1.165) is 29.4 Å². The van der Waals surface area contributed by atoms with Crippen molar-refractivity contribution in [3.8, 4) is 0 Å². The average Bonchev–Trinajstić information content (AvgIpc) is 3.14. The second-order valence-corrected chi connectivity index (χ2v) is 6.65. The molecule has 132 valence electrons. The first-order valence-electron chi connectivity index (χ1n) is 8.96. The highest BCUT2D eigenvalue weighted by atomic mass is 16.1. The van der Waals surface area contributed by atoms with Crippen molar-refractivity contribution in [2.24, 2.45) is 0 Å². The fraction of sp³-hybridized carbons (Fsp3) is 0.300. The maximum Gasteiger partial charge on any atom is 0.270 e. The van der Waals surface area contributed by atoms with Gasteiger partial charge in [0.25, 0.3) is 5.91 Å². The maximum absolute atomic E-state index is 12.5. The van der Waals surface area contributed by atoms with E-state index in [1.807, 2.05) is 30.3 Å². The molecule has 0 radical (unpaired) electrons. The van der Waals surface area contributed by atoms with Gasteiger partial charge in [-0.25, -0.2) is 9.97 Å². The topological polar surface area (TPSA) is 79.8 Å². The van der Waals surface area contributed by atoms with Crippen LogP contribution in [0, 0.1) is 6.92 Å². The van der Waals surface area contributed by atoms with Crippen LogP contribution in [0.15, 0.2) is 42.6 Å². The molecule has 0 unspecified atom stereocenters. The van der Waals surface area contributed by atoms with Gasteiger partial charge in [0.1, 0.15) is 17.3 Å². The van der Waals surface area contributed by atoms with Crippen LogP contribution in [-0.4, -0.2) is 26.9 Å². The summed E-state index contributed by atoms with van der Waals surface area (Å²) in [5, 5.41) is 7.40. The van der Waals surface area contributed by atoms with Crippen LogP contribution in [0.5, 0.6) is 0 Å². The lowest BCUT2D eigenvalue weighted by atomic mass is 10.2. The quantitative estimate of drug-likeness (QED) is 0.751. The van der Waals surface area contributed by atoms with Crippen LogP contribution in [0.4, 0.5) is 11.5 Å². The molecule has 1 aliphatic carbocycles. The summed E-state index contributed by atoms with van der Waals surface area (Å²) < 4.78 is 0. The number of carbonyl (C=O) groups excluding carboxylic acids is 1. The predicted octanol–water partition coefficient (Wildman–Crippen LogP) is 3.75. The lowest BCUT2D eigenvalue weighted by Gasteiger charge is -2.13. The van der Waals surface area contributed by atoms with Crippen molar-refractivity contribution >= 4 is 28.3 Å². The summed E-state index contributed by atoms with van der Waals surface area (Å²) in [5.74, 6) is 1.01. The van der Waals surface area contributed by atoms with Gasteiger partial charge < -0.3 is 10.6 Å². The first-order valence-corrected chi connectivity index (χ1v) is 8.96. The Morgan fingerprint density at radius 3 is 2.77 bits per heavy atom. The van der Waals surface area contributed by atoms with E-state index in [9.17, 15) is 4.79 Å². The number of hydrogen-bond acceptors (Lipinski definition) is 5. The van der Waals surface area contributed by atoms with Crippen molar-refractivity contribution in [1.29, 1.82) is 0 Å². The summed E-state index contributed by atoms with van der Waals surface area (Å²) in [6.45, 7) is 1.79. The van der Waals surface area contributed by atoms with Gasteiger partial charge in [-0.3, -0.25) is 9.78 Å².